The van der Waals surface area contributed by atoms with Crippen LogP contribution in [0.2, 0.25) is 0 Å². The minimum Gasteiger partial charge on any atom is -0.506 e. The molecule has 1 saturated heterocycles. The number of carbonyl (C=O) groups is 2. The number of hydrogen-bond acceptors (Lipinski definition) is 10. The molecular formula is C32H35NO10. The second-order valence-electron chi connectivity index (χ2n) is 11.5. The summed E-state index contributed by atoms with van der Waals surface area (Å²) in [6.45, 7) is -0.584. The van der Waals surface area contributed by atoms with E-state index in [9.17, 15) is 35.1 Å². The number of ether oxygens (including phenoxy) is 3. The summed E-state index contributed by atoms with van der Waals surface area (Å²) in [4.78, 5) is 28.5. The average Bonchev–Trinajstić information content (AvgIpc) is 3.65. The van der Waals surface area contributed by atoms with Crippen molar-refractivity contribution >= 4 is 22.5 Å². The van der Waals surface area contributed by atoms with Gasteiger partial charge in [0, 0.05) is 18.2 Å². The van der Waals surface area contributed by atoms with Crippen LogP contribution in [0.1, 0.15) is 63.4 Å². The van der Waals surface area contributed by atoms with Crippen molar-refractivity contribution in [3.8, 4) is 17.2 Å². The Labute approximate surface area is 247 Å². The summed E-state index contributed by atoms with van der Waals surface area (Å²) in [5.41, 5.74) is 2.17. The number of benzene rings is 3. The van der Waals surface area contributed by atoms with Gasteiger partial charge in [0.05, 0.1) is 31.2 Å². The third kappa shape index (κ3) is 5.21. The number of aromatic hydroxyl groups is 1. The maximum atomic E-state index is 14.0. The average molecular weight is 594 g/mol. The Kier molecular flexibility index (Phi) is 8.01. The van der Waals surface area contributed by atoms with Crippen molar-refractivity contribution < 1.29 is 49.3 Å². The summed E-state index contributed by atoms with van der Waals surface area (Å²) in [7, 11) is 1.46. The van der Waals surface area contributed by atoms with Crippen LogP contribution in [0.15, 0.2) is 42.5 Å². The SMILES string of the molecule is COc1cc(O[C@H]2O[C@H](CO)[C@@H](O)[C@H](O)[C@H]2O)c2c(O)c(C(=O)CN3Cc4ccccc4C3=O)c(C3CCCC3)cc2c1. The van der Waals surface area contributed by atoms with E-state index in [0.717, 1.165) is 31.2 Å². The fraction of sp³-hybridized carbons (Fsp3) is 0.438. The standard InChI is InChI=1S/C32H35NO10/c1-41-19-10-18-11-21(16-6-2-3-7-16)26(22(35)14-33-13-17-8-4-5-9-20(17)31(33)40)28(37)25(18)23(12-19)42-32-30(39)29(38)27(36)24(15-34)43-32/h4-5,8-12,16,24,27,29-30,32,34,36-39H,2-3,6-7,13-15H2,1H3/t24-,27-,29+,30-,32+/m1/s1. The van der Waals surface area contributed by atoms with Crippen LogP contribution in [0.4, 0.5) is 0 Å². The van der Waals surface area contributed by atoms with Crippen molar-refractivity contribution in [3.63, 3.8) is 0 Å². The minimum atomic E-state index is -1.69. The quantitative estimate of drug-likeness (QED) is 0.245. The van der Waals surface area contributed by atoms with Crippen molar-refractivity contribution in [1.82, 2.24) is 4.90 Å². The third-order valence-corrected chi connectivity index (χ3v) is 8.81. The molecule has 11 nitrogen and oxygen atoms in total. The molecule has 2 heterocycles. The van der Waals surface area contributed by atoms with Crippen molar-refractivity contribution in [2.45, 2.75) is 68.9 Å². The number of fused-ring (bicyclic) bond motifs is 2. The first kappa shape index (κ1) is 29.3. The highest BCUT2D eigenvalue weighted by atomic mass is 16.7. The fourth-order valence-electron chi connectivity index (χ4n) is 6.53. The van der Waals surface area contributed by atoms with Crippen LogP contribution < -0.4 is 9.47 Å². The molecule has 0 bridgehead atoms. The monoisotopic (exact) mass is 593 g/mol. The van der Waals surface area contributed by atoms with Gasteiger partial charge in [-0.1, -0.05) is 31.0 Å². The number of carbonyl (C=O) groups excluding carboxylic acids is 2. The van der Waals surface area contributed by atoms with Gasteiger partial charge in [0.2, 0.25) is 6.29 Å². The maximum Gasteiger partial charge on any atom is 0.254 e. The van der Waals surface area contributed by atoms with Crippen LogP contribution in [0.25, 0.3) is 10.8 Å². The lowest BCUT2D eigenvalue weighted by Crippen LogP contribution is -2.60. The van der Waals surface area contributed by atoms with Crippen molar-refractivity contribution in [2.24, 2.45) is 0 Å². The van der Waals surface area contributed by atoms with Gasteiger partial charge in [-0.2, -0.15) is 0 Å². The highest BCUT2D eigenvalue weighted by Gasteiger charge is 2.45. The van der Waals surface area contributed by atoms with Gasteiger partial charge in [-0.25, -0.2) is 0 Å². The first-order valence-electron chi connectivity index (χ1n) is 14.5. The van der Waals surface area contributed by atoms with Gasteiger partial charge in [0.15, 0.2) is 5.78 Å². The Morgan fingerprint density at radius 1 is 1.05 bits per heavy atom. The van der Waals surface area contributed by atoms with E-state index in [1.54, 1.807) is 18.2 Å². The van der Waals surface area contributed by atoms with Crippen LogP contribution in [0.5, 0.6) is 17.2 Å². The fourth-order valence-corrected chi connectivity index (χ4v) is 6.53. The highest BCUT2D eigenvalue weighted by Crippen LogP contribution is 2.46. The molecule has 5 N–H and O–H groups in total. The first-order chi connectivity index (χ1) is 20.7. The Bertz CT molecular complexity index is 1550. The molecule has 11 heteroatoms. The van der Waals surface area contributed by atoms with Gasteiger partial charge < -0.3 is 44.6 Å². The van der Waals surface area contributed by atoms with Gasteiger partial charge in [-0.3, -0.25) is 9.59 Å². The minimum absolute atomic E-state index is 0.00662. The van der Waals surface area contributed by atoms with E-state index >= 15 is 0 Å². The normalized spacial score (nSPS) is 25.7. The summed E-state index contributed by atoms with van der Waals surface area (Å²) in [5, 5.41) is 53.2. The number of nitrogens with zero attached hydrogens (tertiary/aromatic N) is 1. The summed E-state index contributed by atoms with van der Waals surface area (Å²) >= 11 is 0. The van der Waals surface area contributed by atoms with E-state index in [1.165, 1.54) is 18.1 Å². The Balaban J connectivity index is 1.43. The van der Waals surface area contributed by atoms with Crippen LogP contribution in [0.3, 0.4) is 0 Å². The highest BCUT2D eigenvalue weighted by molar-refractivity contribution is 6.10. The van der Waals surface area contributed by atoms with Gasteiger partial charge in [-0.15, -0.1) is 0 Å². The Morgan fingerprint density at radius 2 is 1.79 bits per heavy atom. The molecular weight excluding hydrogens is 558 g/mol. The molecule has 3 aromatic rings. The second-order valence-corrected chi connectivity index (χ2v) is 11.5. The summed E-state index contributed by atoms with van der Waals surface area (Å²) in [6, 6.07) is 12.2. The molecule has 0 aromatic heterocycles. The smallest absolute Gasteiger partial charge is 0.254 e. The lowest BCUT2D eigenvalue weighted by Gasteiger charge is -2.39. The summed E-state index contributed by atoms with van der Waals surface area (Å²) in [6.07, 6.45) is -4.01. The lowest BCUT2D eigenvalue weighted by molar-refractivity contribution is -0.277. The molecule has 228 valence electrons. The second kappa shape index (κ2) is 11.7. The summed E-state index contributed by atoms with van der Waals surface area (Å²) in [5.74, 6) is -0.617. The van der Waals surface area contributed by atoms with Gasteiger partial charge >= 0.3 is 0 Å². The van der Waals surface area contributed by atoms with Gasteiger partial charge in [0.1, 0.15) is 41.7 Å². The zero-order valence-corrected chi connectivity index (χ0v) is 23.7. The lowest BCUT2D eigenvalue weighted by atomic mass is 9.87. The largest absolute Gasteiger partial charge is 0.506 e. The van der Waals surface area contributed by atoms with Crippen molar-refractivity contribution in [2.75, 3.05) is 20.3 Å². The molecule has 2 aliphatic heterocycles. The van der Waals surface area contributed by atoms with Gasteiger partial charge in [-0.05, 0) is 53.5 Å². The molecule has 0 unspecified atom stereocenters. The molecule has 1 saturated carbocycles. The molecule has 5 atom stereocenters. The van der Waals surface area contributed by atoms with Crippen LogP contribution in [0, 0.1) is 0 Å². The predicted molar refractivity (Wildman–Crippen MR) is 153 cm³/mol. The number of methoxy groups -OCH3 is 1. The number of phenols is 1. The van der Waals surface area contributed by atoms with E-state index < -0.39 is 43.1 Å². The van der Waals surface area contributed by atoms with Crippen LogP contribution in [-0.4, -0.2) is 93.1 Å². The molecule has 0 radical (unpaired) electrons. The molecule has 3 aromatic carbocycles. The van der Waals surface area contributed by atoms with Crippen molar-refractivity contribution in [3.05, 3.63) is 64.7 Å². The number of rotatable bonds is 8. The number of amides is 1. The topological polar surface area (TPSA) is 166 Å². The number of aliphatic hydroxyl groups excluding tert-OH is 4. The zero-order chi connectivity index (χ0) is 30.4. The third-order valence-electron chi connectivity index (χ3n) is 8.81. The molecule has 1 aliphatic carbocycles. The predicted octanol–water partition coefficient (Wildman–Crippen LogP) is 2.23. The maximum absolute atomic E-state index is 14.0. The van der Waals surface area contributed by atoms with Crippen molar-refractivity contribution in [1.29, 1.82) is 0 Å². The van der Waals surface area contributed by atoms with Gasteiger partial charge in [0.25, 0.3) is 5.91 Å². The number of hydrogen-bond donors (Lipinski definition) is 5. The van der Waals surface area contributed by atoms with E-state index in [-0.39, 0.29) is 47.4 Å². The molecule has 43 heavy (non-hydrogen) atoms. The zero-order valence-electron chi connectivity index (χ0n) is 23.7. The Hall–Kier alpha value is -3.74. The molecule has 6 rings (SSSR count). The van der Waals surface area contributed by atoms with Crippen LogP contribution >= 0.6 is 0 Å². The molecule has 1 amide bonds. The van der Waals surface area contributed by atoms with E-state index in [0.29, 0.717) is 22.3 Å². The van der Waals surface area contributed by atoms with Crippen LogP contribution in [-0.2, 0) is 11.3 Å². The number of ketones is 1. The molecule has 0 spiro atoms. The number of Topliss-reactive ketones (excluding diaryl/α,β-unsaturated/α-hetero) is 1. The molecule has 3 aliphatic rings. The Morgan fingerprint density at radius 3 is 2.49 bits per heavy atom. The molecule has 2 fully saturated rings. The summed E-state index contributed by atoms with van der Waals surface area (Å²) < 4.78 is 17.0. The van der Waals surface area contributed by atoms with E-state index in [2.05, 4.69) is 0 Å². The first-order valence-corrected chi connectivity index (χ1v) is 14.5. The van der Waals surface area contributed by atoms with E-state index in [4.69, 9.17) is 14.2 Å². The van der Waals surface area contributed by atoms with E-state index in [1.807, 2.05) is 18.2 Å². The number of phenolic OH excluding ortho intramolecular Hbond substituents is 1. The number of aliphatic hydroxyl groups is 4.